The van der Waals surface area contributed by atoms with Crippen LogP contribution >= 0.6 is 15.9 Å². The van der Waals surface area contributed by atoms with Crippen LogP contribution in [0.1, 0.15) is 0 Å². The number of hydrogen-bond acceptors (Lipinski definition) is 4. The fourth-order valence-corrected chi connectivity index (χ4v) is 2.17. The van der Waals surface area contributed by atoms with Gasteiger partial charge in [-0.15, -0.1) is 0 Å². The van der Waals surface area contributed by atoms with Crippen molar-refractivity contribution in [1.29, 1.82) is 0 Å². The summed E-state index contributed by atoms with van der Waals surface area (Å²) < 4.78 is 21.0. The normalized spacial score (nSPS) is 11.7. The molecule has 0 amide bonds. The zero-order valence-corrected chi connectivity index (χ0v) is 12.9. The number of methoxy groups -OCH3 is 1. The standard InChI is InChI=1S/C13H14BrFN4O2/c1-21-12-4-10(2-3-11(12)14)18-8-17-19(13(18)20)7-9(5-15)6-16/h2-5,8H,6-7,16H2,1H3/b9-5-. The highest BCUT2D eigenvalue weighted by Gasteiger charge is 2.10. The first-order valence-electron chi connectivity index (χ1n) is 6.07. The second-order valence-corrected chi connectivity index (χ2v) is 5.09. The highest BCUT2D eigenvalue weighted by atomic mass is 79.9. The van der Waals surface area contributed by atoms with Gasteiger partial charge < -0.3 is 10.5 Å². The predicted octanol–water partition coefficient (Wildman–Crippen LogP) is 1.62. The van der Waals surface area contributed by atoms with E-state index in [2.05, 4.69) is 21.0 Å². The summed E-state index contributed by atoms with van der Waals surface area (Å²) in [7, 11) is 1.54. The third-order valence-corrected chi connectivity index (χ3v) is 3.57. The zero-order valence-electron chi connectivity index (χ0n) is 11.3. The number of aromatic nitrogens is 3. The monoisotopic (exact) mass is 356 g/mol. The lowest BCUT2D eigenvalue weighted by atomic mass is 10.3. The molecule has 0 aliphatic rings. The first-order valence-corrected chi connectivity index (χ1v) is 6.86. The summed E-state index contributed by atoms with van der Waals surface area (Å²) in [5, 5.41) is 3.96. The molecule has 0 radical (unpaired) electrons. The molecule has 1 heterocycles. The molecule has 6 nitrogen and oxygen atoms in total. The summed E-state index contributed by atoms with van der Waals surface area (Å²) >= 11 is 3.34. The van der Waals surface area contributed by atoms with E-state index in [0.717, 1.165) is 9.15 Å². The van der Waals surface area contributed by atoms with E-state index in [-0.39, 0.29) is 24.4 Å². The Labute approximate surface area is 128 Å². The lowest BCUT2D eigenvalue weighted by Gasteiger charge is -2.06. The second-order valence-electron chi connectivity index (χ2n) is 4.23. The maximum atomic E-state index is 12.5. The van der Waals surface area contributed by atoms with Gasteiger partial charge in [0.25, 0.3) is 0 Å². The first-order chi connectivity index (χ1) is 10.1. The molecule has 0 saturated carbocycles. The Kier molecular flexibility index (Phi) is 4.92. The lowest BCUT2D eigenvalue weighted by molar-refractivity contribution is 0.412. The van der Waals surface area contributed by atoms with Crippen molar-refractivity contribution in [3.8, 4) is 11.4 Å². The summed E-state index contributed by atoms with van der Waals surface area (Å²) in [6.45, 7) is 0.0500. The number of ether oxygens (including phenoxy) is 1. The average Bonchev–Trinajstić information content (AvgIpc) is 2.86. The maximum Gasteiger partial charge on any atom is 0.350 e. The van der Waals surface area contributed by atoms with Crippen molar-refractivity contribution in [3.05, 3.63) is 51.4 Å². The molecule has 21 heavy (non-hydrogen) atoms. The molecule has 2 aromatic rings. The SMILES string of the molecule is COc1cc(-n2cnn(C/C(=C\F)CN)c2=O)ccc1Br. The largest absolute Gasteiger partial charge is 0.495 e. The summed E-state index contributed by atoms with van der Waals surface area (Å²) in [5.74, 6) is 0.596. The maximum absolute atomic E-state index is 12.5. The fraction of sp³-hybridized carbons (Fsp3) is 0.231. The van der Waals surface area contributed by atoms with Gasteiger partial charge in [0.1, 0.15) is 12.1 Å². The van der Waals surface area contributed by atoms with Crippen LogP contribution in [0, 0.1) is 0 Å². The molecule has 1 aromatic heterocycles. The Hall–Kier alpha value is -1.93. The van der Waals surface area contributed by atoms with Crippen molar-refractivity contribution < 1.29 is 9.13 Å². The Morgan fingerprint density at radius 2 is 2.33 bits per heavy atom. The van der Waals surface area contributed by atoms with E-state index >= 15 is 0 Å². The van der Waals surface area contributed by atoms with Crippen LogP contribution in [-0.4, -0.2) is 28.0 Å². The van der Waals surface area contributed by atoms with E-state index in [1.807, 2.05) is 0 Å². The van der Waals surface area contributed by atoms with Crippen molar-refractivity contribution in [2.75, 3.05) is 13.7 Å². The van der Waals surface area contributed by atoms with Gasteiger partial charge >= 0.3 is 5.69 Å². The quantitative estimate of drug-likeness (QED) is 0.883. The van der Waals surface area contributed by atoms with Crippen LogP contribution in [0.25, 0.3) is 5.69 Å². The summed E-state index contributed by atoms with van der Waals surface area (Å²) in [6, 6.07) is 5.21. The zero-order chi connectivity index (χ0) is 15.4. The van der Waals surface area contributed by atoms with E-state index in [4.69, 9.17) is 10.5 Å². The molecule has 2 N–H and O–H groups in total. The Morgan fingerprint density at radius 1 is 1.57 bits per heavy atom. The molecule has 0 aliphatic carbocycles. The molecule has 8 heteroatoms. The fourth-order valence-electron chi connectivity index (χ4n) is 1.76. The van der Waals surface area contributed by atoms with Gasteiger partial charge in [-0.05, 0) is 33.6 Å². The van der Waals surface area contributed by atoms with Crippen LogP contribution in [0.5, 0.6) is 5.75 Å². The highest BCUT2D eigenvalue weighted by Crippen LogP contribution is 2.26. The van der Waals surface area contributed by atoms with Gasteiger partial charge in [-0.2, -0.15) is 5.10 Å². The molecule has 0 atom stereocenters. The van der Waals surface area contributed by atoms with E-state index < -0.39 is 0 Å². The van der Waals surface area contributed by atoms with E-state index in [1.165, 1.54) is 18.0 Å². The molecule has 0 saturated heterocycles. The van der Waals surface area contributed by atoms with Crippen molar-refractivity contribution in [2.24, 2.45) is 5.73 Å². The van der Waals surface area contributed by atoms with Crippen LogP contribution in [0.3, 0.4) is 0 Å². The van der Waals surface area contributed by atoms with Gasteiger partial charge in [0.15, 0.2) is 0 Å². The molecule has 2 rings (SSSR count). The number of hydrogen-bond donors (Lipinski definition) is 1. The molecule has 1 aromatic carbocycles. The molecule has 0 aliphatic heterocycles. The van der Waals surface area contributed by atoms with E-state index in [9.17, 15) is 9.18 Å². The molecular weight excluding hydrogens is 343 g/mol. The lowest BCUT2D eigenvalue weighted by Crippen LogP contribution is -2.25. The van der Waals surface area contributed by atoms with Crippen LogP contribution < -0.4 is 16.2 Å². The Balaban J connectivity index is 2.39. The van der Waals surface area contributed by atoms with Crippen LogP contribution in [0.2, 0.25) is 0 Å². The molecule has 0 spiro atoms. The van der Waals surface area contributed by atoms with E-state index in [1.54, 1.807) is 18.2 Å². The average molecular weight is 357 g/mol. The Morgan fingerprint density at radius 3 is 2.95 bits per heavy atom. The van der Waals surface area contributed by atoms with Gasteiger partial charge in [-0.25, -0.2) is 18.4 Å². The summed E-state index contributed by atoms with van der Waals surface area (Å²) in [5.41, 5.74) is 5.88. The molecular formula is C13H14BrFN4O2. The smallest absolute Gasteiger partial charge is 0.350 e. The Bertz CT molecular complexity index is 723. The minimum atomic E-state index is -0.382. The molecule has 112 valence electrons. The number of nitrogens with two attached hydrogens (primary N) is 1. The van der Waals surface area contributed by atoms with Crippen molar-refractivity contribution in [3.63, 3.8) is 0 Å². The third kappa shape index (κ3) is 3.22. The van der Waals surface area contributed by atoms with Crippen LogP contribution in [0.15, 0.2) is 45.7 Å². The number of rotatable bonds is 5. The van der Waals surface area contributed by atoms with E-state index in [0.29, 0.717) is 17.8 Å². The molecule has 0 fully saturated rings. The number of benzene rings is 1. The van der Waals surface area contributed by atoms with Gasteiger partial charge in [0.05, 0.1) is 30.1 Å². The van der Waals surface area contributed by atoms with Gasteiger partial charge in [0.2, 0.25) is 0 Å². The summed E-state index contributed by atoms with van der Waals surface area (Å²) in [6.07, 6.45) is 1.77. The molecule has 0 bridgehead atoms. The van der Waals surface area contributed by atoms with Crippen molar-refractivity contribution in [1.82, 2.24) is 14.3 Å². The van der Waals surface area contributed by atoms with Crippen molar-refractivity contribution in [2.45, 2.75) is 6.54 Å². The van der Waals surface area contributed by atoms with Gasteiger partial charge in [-0.3, -0.25) is 0 Å². The van der Waals surface area contributed by atoms with Crippen LogP contribution in [-0.2, 0) is 6.54 Å². The third-order valence-electron chi connectivity index (χ3n) is 2.92. The second kappa shape index (κ2) is 6.68. The van der Waals surface area contributed by atoms with Gasteiger partial charge in [-0.1, -0.05) is 0 Å². The number of nitrogens with zero attached hydrogens (tertiary/aromatic N) is 3. The predicted molar refractivity (Wildman–Crippen MR) is 80.3 cm³/mol. The highest BCUT2D eigenvalue weighted by molar-refractivity contribution is 9.10. The summed E-state index contributed by atoms with van der Waals surface area (Å²) in [4.78, 5) is 12.2. The number of halogens is 2. The molecule has 0 unspecified atom stereocenters. The minimum Gasteiger partial charge on any atom is -0.495 e. The first kappa shape index (κ1) is 15.5. The van der Waals surface area contributed by atoms with Crippen LogP contribution in [0.4, 0.5) is 4.39 Å². The topological polar surface area (TPSA) is 75.1 Å². The minimum absolute atomic E-state index is 0.0203. The van der Waals surface area contributed by atoms with Crippen molar-refractivity contribution >= 4 is 15.9 Å². The van der Waals surface area contributed by atoms with Gasteiger partial charge in [0, 0.05) is 12.6 Å².